The number of pyridine rings is 1. The molecule has 1 aromatic carbocycles. The van der Waals surface area contributed by atoms with E-state index in [1.54, 1.807) is 25.2 Å². The zero-order chi connectivity index (χ0) is 14.0. The lowest BCUT2D eigenvalue weighted by Crippen LogP contribution is -2.27. The van der Waals surface area contributed by atoms with Crippen LogP contribution in [-0.2, 0) is 0 Å². The number of benzene rings is 1. The Kier molecular flexibility index (Phi) is 3.57. The number of carbonyl (C=O) groups excluding carboxylic acids is 1. The lowest BCUT2D eigenvalue weighted by molar-refractivity contribution is 0.0990. The van der Waals surface area contributed by atoms with Crippen LogP contribution < -0.4 is 10.6 Å². The predicted octanol–water partition coefficient (Wildman–Crippen LogP) is 2.30. The maximum atomic E-state index is 12.3. The van der Waals surface area contributed by atoms with E-state index >= 15 is 0 Å². The van der Waals surface area contributed by atoms with E-state index in [1.165, 1.54) is 23.4 Å². The zero-order valence-corrected chi connectivity index (χ0v) is 10.9. The smallest absolute Gasteiger partial charge is 0.261 e. The predicted molar refractivity (Wildman–Crippen MR) is 74.5 cm³/mol. The number of hydrogen-bond acceptors (Lipinski definition) is 4. The number of aromatic hydroxyl groups is 1. The summed E-state index contributed by atoms with van der Waals surface area (Å²) < 4.78 is 0. The Bertz CT molecular complexity index is 631. The molecule has 0 fully saturated rings. The first-order valence-electron chi connectivity index (χ1n) is 5.46. The van der Waals surface area contributed by atoms with Crippen molar-refractivity contribution >= 4 is 28.9 Å². The SMILES string of the molecule is CN(C(=O)c1ccncc1O)c1cc(Cl)ccc1N. The summed E-state index contributed by atoms with van der Waals surface area (Å²) in [6.45, 7) is 0. The van der Waals surface area contributed by atoms with E-state index in [4.69, 9.17) is 17.3 Å². The van der Waals surface area contributed by atoms with Gasteiger partial charge in [0.2, 0.25) is 0 Å². The average Bonchev–Trinajstić information content (AvgIpc) is 2.40. The second kappa shape index (κ2) is 5.16. The first-order chi connectivity index (χ1) is 9.00. The summed E-state index contributed by atoms with van der Waals surface area (Å²) in [4.78, 5) is 17.3. The highest BCUT2D eigenvalue weighted by Gasteiger charge is 2.18. The summed E-state index contributed by atoms with van der Waals surface area (Å²) in [6.07, 6.45) is 2.64. The van der Waals surface area contributed by atoms with Crippen LogP contribution in [0.2, 0.25) is 5.02 Å². The van der Waals surface area contributed by atoms with Crippen LogP contribution in [0.1, 0.15) is 10.4 Å². The molecule has 6 heteroatoms. The van der Waals surface area contributed by atoms with Crippen molar-refractivity contribution < 1.29 is 9.90 Å². The molecule has 0 spiro atoms. The third-order valence-corrected chi connectivity index (χ3v) is 2.92. The Morgan fingerprint density at radius 2 is 2.16 bits per heavy atom. The molecule has 2 aromatic rings. The molecule has 1 amide bonds. The van der Waals surface area contributed by atoms with Crippen molar-refractivity contribution in [3.63, 3.8) is 0 Å². The average molecular weight is 278 g/mol. The normalized spacial score (nSPS) is 10.2. The molecule has 0 bridgehead atoms. The number of anilines is 2. The molecular weight excluding hydrogens is 266 g/mol. The lowest BCUT2D eigenvalue weighted by atomic mass is 10.2. The molecule has 98 valence electrons. The van der Waals surface area contributed by atoms with Gasteiger partial charge in [-0.05, 0) is 24.3 Å². The van der Waals surface area contributed by atoms with Crippen LogP contribution in [0, 0.1) is 0 Å². The van der Waals surface area contributed by atoms with Crippen molar-refractivity contribution in [2.24, 2.45) is 0 Å². The largest absolute Gasteiger partial charge is 0.505 e. The quantitative estimate of drug-likeness (QED) is 0.826. The second-order valence-corrected chi connectivity index (χ2v) is 4.40. The van der Waals surface area contributed by atoms with E-state index in [9.17, 15) is 9.90 Å². The number of nitrogens with two attached hydrogens (primary N) is 1. The number of nitrogen functional groups attached to an aromatic ring is 1. The Balaban J connectivity index is 2.39. The van der Waals surface area contributed by atoms with Crippen LogP contribution >= 0.6 is 11.6 Å². The lowest BCUT2D eigenvalue weighted by Gasteiger charge is -2.19. The molecule has 3 N–H and O–H groups in total. The number of nitrogens with zero attached hydrogens (tertiary/aromatic N) is 2. The van der Waals surface area contributed by atoms with E-state index in [-0.39, 0.29) is 11.3 Å². The fourth-order valence-corrected chi connectivity index (χ4v) is 1.83. The fourth-order valence-electron chi connectivity index (χ4n) is 1.66. The van der Waals surface area contributed by atoms with Crippen molar-refractivity contribution in [2.45, 2.75) is 0 Å². The van der Waals surface area contributed by atoms with Crippen LogP contribution in [-0.4, -0.2) is 23.0 Å². The monoisotopic (exact) mass is 277 g/mol. The van der Waals surface area contributed by atoms with Crippen LogP contribution in [0.25, 0.3) is 0 Å². The van der Waals surface area contributed by atoms with Gasteiger partial charge in [0.15, 0.2) is 0 Å². The number of halogens is 1. The van der Waals surface area contributed by atoms with Gasteiger partial charge in [0.25, 0.3) is 5.91 Å². The van der Waals surface area contributed by atoms with Crippen LogP contribution in [0.4, 0.5) is 11.4 Å². The van der Waals surface area contributed by atoms with Crippen molar-refractivity contribution in [3.05, 3.63) is 47.2 Å². The summed E-state index contributed by atoms with van der Waals surface area (Å²) in [5.74, 6) is -0.575. The van der Waals surface area contributed by atoms with E-state index in [0.29, 0.717) is 16.4 Å². The molecule has 0 aliphatic carbocycles. The number of hydrogen-bond donors (Lipinski definition) is 2. The molecule has 2 rings (SSSR count). The van der Waals surface area contributed by atoms with Gasteiger partial charge in [-0.1, -0.05) is 11.6 Å². The molecular formula is C13H12ClN3O2. The molecule has 0 radical (unpaired) electrons. The van der Waals surface area contributed by atoms with Crippen LogP contribution in [0.3, 0.4) is 0 Å². The first-order valence-corrected chi connectivity index (χ1v) is 5.84. The van der Waals surface area contributed by atoms with Gasteiger partial charge >= 0.3 is 0 Å². The Morgan fingerprint density at radius 3 is 2.84 bits per heavy atom. The second-order valence-electron chi connectivity index (χ2n) is 3.96. The van der Waals surface area contributed by atoms with Gasteiger partial charge in [0.1, 0.15) is 5.75 Å². The summed E-state index contributed by atoms with van der Waals surface area (Å²) in [5, 5.41) is 10.1. The molecule has 19 heavy (non-hydrogen) atoms. The minimum absolute atomic E-state index is 0.150. The highest BCUT2D eigenvalue weighted by molar-refractivity contribution is 6.31. The number of aromatic nitrogens is 1. The van der Waals surface area contributed by atoms with E-state index in [0.717, 1.165) is 0 Å². The van der Waals surface area contributed by atoms with Gasteiger partial charge in [0, 0.05) is 18.3 Å². The van der Waals surface area contributed by atoms with Crippen molar-refractivity contribution in [2.75, 3.05) is 17.7 Å². The van der Waals surface area contributed by atoms with Gasteiger partial charge in [-0.3, -0.25) is 9.78 Å². The molecule has 0 saturated heterocycles. The molecule has 0 unspecified atom stereocenters. The maximum absolute atomic E-state index is 12.3. The topological polar surface area (TPSA) is 79.5 Å². The molecule has 1 heterocycles. The molecule has 0 aliphatic rings. The zero-order valence-electron chi connectivity index (χ0n) is 10.2. The van der Waals surface area contributed by atoms with Crippen molar-refractivity contribution in [1.82, 2.24) is 4.98 Å². The minimum Gasteiger partial charge on any atom is -0.505 e. The Labute approximate surface area is 115 Å². The van der Waals surface area contributed by atoms with Gasteiger partial charge < -0.3 is 15.7 Å². The van der Waals surface area contributed by atoms with Crippen LogP contribution in [0.15, 0.2) is 36.7 Å². The van der Waals surface area contributed by atoms with Gasteiger partial charge in [0.05, 0.1) is 23.1 Å². The third kappa shape index (κ3) is 2.61. The minimum atomic E-state index is -0.395. The first kappa shape index (κ1) is 13.2. The summed E-state index contributed by atoms with van der Waals surface area (Å²) in [7, 11) is 1.56. The third-order valence-electron chi connectivity index (χ3n) is 2.69. The maximum Gasteiger partial charge on any atom is 0.261 e. The fraction of sp³-hybridized carbons (Fsp3) is 0.0769. The van der Waals surface area contributed by atoms with E-state index < -0.39 is 5.91 Å². The Hall–Kier alpha value is -2.27. The van der Waals surface area contributed by atoms with E-state index in [1.807, 2.05) is 0 Å². The van der Waals surface area contributed by atoms with Crippen molar-refractivity contribution in [3.8, 4) is 5.75 Å². The van der Waals surface area contributed by atoms with Crippen molar-refractivity contribution in [1.29, 1.82) is 0 Å². The van der Waals surface area contributed by atoms with Gasteiger partial charge in [-0.2, -0.15) is 0 Å². The van der Waals surface area contributed by atoms with Gasteiger partial charge in [-0.15, -0.1) is 0 Å². The standard InChI is InChI=1S/C13H12ClN3O2/c1-17(11-6-8(14)2-3-10(11)15)13(19)9-4-5-16-7-12(9)18/h2-7,18H,15H2,1H3. The number of carbonyl (C=O) groups is 1. The number of rotatable bonds is 2. The molecule has 0 aliphatic heterocycles. The molecule has 1 aromatic heterocycles. The molecule has 0 saturated carbocycles. The van der Waals surface area contributed by atoms with Gasteiger partial charge in [-0.25, -0.2) is 0 Å². The molecule has 0 atom stereocenters. The summed E-state index contributed by atoms with van der Waals surface area (Å²) >= 11 is 5.89. The highest BCUT2D eigenvalue weighted by Crippen LogP contribution is 2.28. The summed E-state index contributed by atoms with van der Waals surface area (Å²) in [6, 6.07) is 6.29. The molecule has 5 nitrogen and oxygen atoms in total. The van der Waals surface area contributed by atoms with Crippen LogP contribution in [0.5, 0.6) is 5.75 Å². The number of amides is 1. The summed E-state index contributed by atoms with van der Waals surface area (Å²) in [5.41, 5.74) is 6.87. The Morgan fingerprint density at radius 1 is 1.42 bits per heavy atom. The highest BCUT2D eigenvalue weighted by atomic mass is 35.5. The van der Waals surface area contributed by atoms with E-state index in [2.05, 4.69) is 4.98 Å².